The van der Waals surface area contributed by atoms with Gasteiger partial charge in [0.25, 0.3) is 5.91 Å². The van der Waals surface area contributed by atoms with Crippen molar-refractivity contribution < 1.29 is 19.1 Å². The summed E-state index contributed by atoms with van der Waals surface area (Å²) in [6, 6.07) is 17.0. The van der Waals surface area contributed by atoms with Crippen molar-refractivity contribution in [2.45, 2.75) is 58.2 Å². The number of hydrogen-bond acceptors (Lipinski definition) is 5. The van der Waals surface area contributed by atoms with Crippen LogP contribution in [0.3, 0.4) is 0 Å². The van der Waals surface area contributed by atoms with Gasteiger partial charge in [-0.05, 0) is 42.5 Å². The number of imide groups is 1. The maximum absolute atomic E-state index is 13.3. The molecular formula is C29H38N4O4. The summed E-state index contributed by atoms with van der Waals surface area (Å²) in [6.07, 6.45) is 1.91. The molecule has 8 heteroatoms. The van der Waals surface area contributed by atoms with E-state index in [1.165, 1.54) is 4.90 Å². The molecule has 0 bridgehead atoms. The third-order valence-electron chi connectivity index (χ3n) is 7.38. The summed E-state index contributed by atoms with van der Waals surface area (Å²) < 4.78 is 5.19. The second kappa shape index (κ2) is 10.9. The van der Waals surface area contributed by atoms with Crippen molar-refractivity contribution in [2.24, 2.45) is 5.41 Å². The molecule has 2 aliphatic rings. The van der Waals surface area contributed by atoms with Gasteiger partial charge in [-0.3, -0.25) is 14.5 Å². The van der Waals surface area contributed by atoms with Gasteiger partial charge in [-0.15, -0.1) is 0 Å². The normalized spacial score (nSPS) is 18.5. The Labute approximate surface area is 219 Å². The van der Waals surface area contributed by atoms with E-state index < -0.39 is 11.0 Å². The van der Waals surface area contributed by atoms with Crippen molar-refractivity contribution in [1.29, 1.82) is 0 Å². The van der Waals surface area contributed by atoms with Gasteiger partial charge in [-0.1, -0.05) is 63.2 Å². The standard InChI is InChI=1S/C29H38N4O4/c1-28(2,3)25(34)30-24(22-8-6-5-7-9-22)14-17-32-18-15-29(16-19-32)26(35)33(27(36)31-29)20-21-10-12-23(37-4)13-11-21/h5-13,24H,14-20H2,1-4H3,(H,30,34)(H,31,36)/t24-/m0/s1. The Kier molecular flexibility index (Phi) is 7.87. The number of methoxy groups -OCH3 is 1. The average Bonchev–Trinajstić information content (AvgIpc) is 3.11. The highest BCUT2D eigenvalue weighted by atomic mass is 16.5. The topological polar surface area (TPSA) is 91.0 Å². The number of carbonyl (C=O) groups excluding carboxylic acids is 3. The minimum absolute atomic E-state index is 0.0233. The first kappa shape index (κ1) is 26.7. The van der Waals surface area contributed by atoms with Gasteiger partial charge < -0.3 is 20.3 Å². The highest BCUT2D eigenvalue weighted by Crippen LogP contribution is 2.31. The van der Waals surface area contributed by atoms with Crippen LogP contribution in [0.2, 0.25) is 0 Å². The zero-order chi connectivity index (χ0) is 26.6. The van der Waals surface area contributed by atoms with Gasteiger partial charge in [0.1, 0.15) is 11.3 Å². The van der Waals surface area contributed by atoms with E-state index in [0.717, 1.165) is 29.8 Å². The molecule has 0 aliphatic carbocycles. The Morgan fingerprint density at radius 2 is 1.70 bits per heavy atom. The molecule has 2 aromatic rings. The van der Waals surface area contributed by atoms with E-state index in [1.807, 2.05) is 75.4 Å². The first-order valence-electron chi connectivity index (χ1n) is 13.0. The van der Waals surface area contributed by atoms with Gasteiger partial charge in [-0.25, -0.2) is 4.79 Å². The molecule has 2 N–H and O–H groups in total. The number of piperidine rings is 1. The largest absolute Gasteiger partial charge is 0.497 e. The molecule has 1 atom stereocenters. The molecular weight excluding hydrogens is 468 g/mol. The lowest BCUT2D eigenvalue weighted by Crippen LogP contribution is -2.55. The van der Waals surface area contributed by atoms with Gasteiger partial charge in [0, 0.05) is 25.0 Å². The summed E-state index contributed by atoms with van der Waals surface area (Å²) >= 11 is 0. The minimum Gasteiger partial charge on any atom is -0.497 e. The van der Waals surface area contributed by atoms with E-state index in [9.17, 15) is 14.4 Å². The smallest absolute Gasteiger partial charge is 0.325 e. The molecule has 4 rings (SSSR count). The van der Waals surface area contributed by atoms with Crippen LogP contribution < -0.4 is 15.4 Å². The fourth-order valence-corrected chi connectivity index (χ4v) is 4.92. The van der Waals surface area contributed by atoms with E-state index in [2.05, 4.69) is 15.5 Å². The molecule has 2 saturated heterocycles. The SMILES string of the molecule is COc1ccc(CN2C(=O)NC3(CCN(CC[C@H](NC(=O)C(C)(C)C)c4ccccc4)CC3)C2=O)cc1. The third-order valence-corrected chi connectivity index (χ3v) is 7.38. The molecule has 2 heterocycles. The number of likely N-dealkylation sites (tertiary alicyclic amines) is 1. The highest BCUT2D eigenvalue weighted by molar-refractivity contribution is 6.07. The number of benzene rings is 2. The second-order valence-corrected chi connectivity index (χ2v) is 11.1. The fraction of sp³-hybridized carbons (Fsp3) is 0.483. The Morgan fingerprint density at radius 1 is 1.05 bits per heavy atom. The van der Waals surface area contributed by atoms with Crippen LogP contribution in [0.4, 0.5) is 4.79 Å². The summed E-state index contributed by atoms with van der Waals surface area (Å²) in [7, 11) is 1.60. The van der Waals surface area contributed by atoms with Gasteiger partial charge in [0.2, 0.25) is 5.91 Å². The maximum Gasteiger partial charge on any atom is 0.325 e. The fourth-order valence-electron chi connectivity index (χ4n) is 4.92. The Bertz CT molecular complexity index is 1100. The molecule has 0 aromatic heterocycles. The van der Waals surface area contributed by atoms with Crippen LogP contribution in [-0.2, 0) is 16.1 Å². The Morgan fingerprint density at radius 3 is 2.30 bits per heavy atom. The van der Waals surface area contributed by atoms with Gasteiger partial charge >= 0.3 is 6.03 Å². The number of urea groups is 1. The zero-order valence-corrected chi connectivity index (χ0v) is 22.3. The quantitative estimate of drug-likeness (QED) is 0.531. The Hall–Kier alpha value is -3.39. The van der Waals surface area contributed by atoms with Crippen molar-refractivity contribution >= 4 is 17.8 Å². The van der Waals surface area contributed by atoms with Crippen LogP contribution in [0.1, 0.15) is 57.2 Å². The number of nitrogens with zero attached hydrogens (tertiary/aromatic N) is 2. The molecule has 2 fully saturated rings. The number of amides is 4. The van der Waals surface area contributed by atoms with E-state index in [1.54, 1.807) is 7.11 Å². The van der Waals surface area contributed by atoms with E-state index in [4.69, 9.17) is 4.74 Å². The molecule has 0 unspecified atom stereocenters. The minimum atomic E-state index is -0.834. The lowest BCUT2D eigenvalue weighted by molar-refractivity contribution is -0.133. The van der Waals surface area contributed by atoms with Gasteiger partial charge in [0.15, 0.2) is 0 Å². The highest BCUT2D eigenvalue weighted by Gasteiger charge is 2.52. The number of rotatable bonds is 8. The molecule has 8 nitrogen and oxygen atoms in total. The summed E-state index contributed by atoms with van der Waals surface area (Å²) in [6.45, 7) is 8.19. The predicted molar refractivity (Wildman–Crippen MR) is 142 cm³/mol. The summed E-state index contributed by atoms with van der Waals surface area (Å²) in [5, 5.41) is 6.21. The second-order valence-electron chi connectivity index (χ2n) is 11.1. The van der Waals surface area contributed by atoms with Crippen LogP contribution in [0.25, 0.3) is 0 Å². The molecule has 198 valence electrons. The number of hydrogen-bond donors (Lipinski definition) is 2. The molecule has 1 spiro atoms. The zero-order valence-electron chi connectivity index (χ0n) is 22.3. The van der Waals surface area contributed by atoms with Crippen LogP contribution >= 0.6 is 0 Å². The lowest BCUT2D eigenvalue weighted by Gasteiger charge is -2.38. The van der Waals surface area contributed by atoms with Crippen molar-refractivity contribution in [3.8, 4) is 5.75 Å². The molecule has 37 heavy (non-hydrogen) atoms. The monoisotopic (exact) mass is 506 g/mol. The maximum atomic E-state index is 13.3. The Balaban J connectivity index is 1.34. The first-order chi connectivity index (χ1) is 17.6. The summed E-state index contributed by atoms with van der Waals surface area (Å²) in [4.78, 5) is 42.4. The van der Waals surface area contributed by atoms with Crippen molar-refractivity contribution in [3.63, 3.8) is 0 Å². The van der Waals surface area contributed by atoms with Crippen LogP contribution in [-0.4, -0.2) is 59.9 Å². The number of nitrogens with one attached hydrogen (secondary N) is 2. The van der Waals surface area contributed by atoms with E-state index in [-0.39, 0.29) is 30.4 Å². The van der Waals surface area contributed by atoms with Crippen molar-refractivity contribution in [3.05, 3.63) is 65.7 Å². The van der Waals surface area contributed by atoms with Crippen LogP contribution in [0.5, 0.6) is 5.75 Å². The summed E-state index contributed by atoms with van der Waals surface area (Å²) in [5.41, 5.74) is 0.659. The van der Waals surface area contributed by atoms with Gasteiger partial charge in [0.05, 0.1) is 19.7 Å². The van der Waals surface area contributed by atoms with Crippen LogP contribution in [0.15, 0.2) is 54.6 Å². The van der Waals surface area contributed by atoms with E-state index >= 15 is 0 Å². The van der Waals surface area contributed by atoms with Gasteiger partial charge in [-0.2, -0.15) is 0 Å². The van der Waals surface area contributed by atoms with Crippen molar-refractivity contribution in [1.82, 2.24) is 20.4 Å². The predicted octanol–water partition coefficient (Wildman–Crippen LogP) is 3.88. The van der Waals surface area contributed by atoms with Crippen LogP contribution in [0, 0.1) is 5.41 Å². The summed E-state index contributed by atoms with van der Waals surface area (Å²) in [5.74, 6) is 0.611. The molecule has 2 aliphatic heterocycles. The third kappa shape index (κ3) is 6.13. The van der Waals surface area contributed by atoms with Crippen molar-refractivity contribution in [2.75, 3.05) is 26.7 Å². The molecule has 0 saturated carbocycles. The molecule has 4 amide bonds. The average molecular weight is 507 g/mol. The molecule has 2 aromatic carbocycles. The lowest BCUT2D eigenvalue weighted by atomic mass is 9.87. The molecule has 0 radical (unpaired) electrons. The van der Waals surface area contributed by atoms with E-state index in [0.29, 0.717) is 25.9 Å². The first-order valence-corrected chi connectivity index (χ1v) is 13.0. The number of carbonyl (C=O) groups is 3. The number of ether oxygens (including phenoxy) is 1.